The molecule has 0 amide bonds. The van der Waals surface area contributed by atoms with Crippen LogP contribution >= 0.6 is 11.3 Å². The Kier molecular flexibility index (Phi) is 4.94. The van der Waals surface area contributed by atoms with Gasteiger partial charge in [-0.1, -0.05) is 12.1 Å². The summed E-state index contributed by atoms with van der Waals surface area (Å²) in [4.78, 5) is 6.53. The van der Waals surface area contributed by atoms with Gasteiger partial charge in [-0.3, -0.25) is 4.90 Å². The van der Waals surface area contributed by atoms with Gasteiger partial charge in [0, 0.05) is 26.2 Å². The first kappa shape index (κ1) is 18.4. The van der Waals surface area contributed by atoms with Crippen molar-refractivity contribution in [1.29, 1.82) is 0 Å². The highest BCUT2D eigenvalue weighted by molar-refractivity contribution is 7.89. The summed E-state index contributed by atoms with van der Waals surface area (Å²) in [5.41, 5.74) is 0.969. The molecular formula is C18H17F2N3O2S2. The Morgan fingerprint density at radius 1 is 1.00 bits per heavy atom. The number of fused-ring (bicyclic) bond motifs is 1. The minimum absolute atomic E-state index is 0.221. The van der Waals surface area contributed by atoms with Crippen LogP contribution in [0.1, 0.15) is 5.01 Å². The van der Waals surface area contributed by atoms with Crippen LogP contribution in [0.3, 0.4) is 0 Å². The number of hydrogen-bond donors (Lipinski definition) is 0. The van der Waals surface area contributed by atoms with E-state index >= 15 is 0 Å². The second-order valence-corrected chi connectivity index (χ2v) is 9.38. The molecule has 1 fully saturated rings. The fourth-order valence-corrected chi connectivity index (χ4v) is 5.54. The van der Waals surface area contributed by atoms with Crippen molar-refractivity contribution >= 4 is 31.6 Å². The molecule has 2 aromatic carbocycles. The lowest BCUT2D eigenvalue weighted by molar-refractivity contribution is 0.181. The lowest BCUT2D eigenvalue weighted by Crippen LogP contribution is -2.48. The molecule has 0 atom stereocenters. The summed E-state index contributed by atoms with van der Waals surface area (Å²) in [6.07, 6.45) is 0. The molecule has 2 heterocycles. The number of hydrogen-bond acceptors (Lipinski definition) is 5. The Labute approximate surface area is 159 Å². The van der Waals surface area contributed by atoms with Crippen LogP contribution in [0.15, 0.2) is 47.4 Å². The Balaban J connectivity index is 1.42. The van der Waals surface area contributed by atoms with Crippen LogP contribution in [0.4, 0.5) is 8.78 Å². The molecule has 0 spiro atoms. The van der Waals surface area contributed by atoms with Crippen molar-refractivity contribution in [3.63, 3.8) is 0 Å². The zero-order valence-electron chi connectivity index (χ0n) is 14.3. The number of para-hydroxylation sites is 1. The van der Waals surface area contributed by atoms with Gasteiger partial charge in [0.2, 0.25) is 10.0 Å². The number of piperazine rings is 1. The minimum Gasteiger partial charge on any atom is -0.294 e. The minimum atomic E-state index is -3.83. The third-order valence-electron chi connectivity index (χ3n) is 4.56. The van der Waals surface area contributed by atoms with E-state index in [1.807, 2.05) is 24.3 Å². The number of thiazole rings is 1. The third-order valence-corrected chi connectivity index (χ3v) is 7.47. The molecule has 0 N–H and O–H groups in total. The van der Waals surface area contributed by atoms with Crippen molar-refractivity contribution < 1.29 is 17.2 Å². The summed E-state index contributed by atoms with van der Waals surface area (Å²) in [5, 5.41) is 0.994. The van der Waals surface area contributed by atoms with E-state index in [4.69, 9.17) is 0 Å². The maximum Gasteiger partial charge on any atom is 0.243 e. The molecule has 1 aliphatic rings. The predicted molar refractivity (Wildman–Crippen MR) is 100 cm³/mol. The zero-order chi connectivity index (χ0) is 19.0. The summed E-state index contributed by atoms with van der Waals surface area (Å²) in [6, 6.07) is 10.6. The van der Waals surface area contributed by atoms with Gasteiger partial charge in [0.25, 0.3) is 0 Å². The van der Waals surface area contributed by atoms with Gasteiger partial charge in [0.15, 0.2) is 11.6 Å². The van der Waals surface area contributed by atoms with Crippen LogP contribution in [0, 0.1) is 11.6 Å². The van der Waals surface area contributed by atoms with Crippen molar-refractivity contribution in [2.45, 2.75) is 11.4 Å². The Morgan fingerprint density at radius 2 is 1.74 bits per heavy atom. The summed E-state index contributed by atoms with van der Waals surface area (Å²) in [5.74, 6) is -2.22. The topological polar surface area (TPSA) is 53.5 Å². The Hall–Kier alpha value is -1.94. The van der Waals surface area contributed by atoms with Gasteiger partial charge in [0.05, 0.1) is 21.7 Å². The number of nitrogens with zero attached hydrogens (tertiary/aromatic N) is 3. The molecule has 1 aliphatic heterocycles. The van der Waals surface area contributed by atoms with E-state index < -0.39 is 21.7 Å². The van der Waals surface area contributed by atoms with Crippen LogP contribution in [0.2, 0.25) is 0 Å². The molecule has 9 heteroatoms. The molecule has 1 saturated heterocycles. The molecule has 142 valence electrons. The fraction of sp³-hybridized carbons (Fsp3) is 0.278. The molecule has 0 bridgehead atoms. The first-order chi connectivity index (χ1) is 12.9. The standard InChI is InChI=1S/C18H17F2N3O2S2/c19-14-6-5-13(11-15(14)20)27(24,25)23-9-7-22(8-10-23)12-18-21-16-3-1-2-4-17(16)26-18/h1-6,11H,7-10,12H2. The number of aromatic nitrogens is 1. The molecule has 5 nitrogen and oxygen atoms in total. The highest BCUT2D eigenvalue weighted by Gasteiger charge is 2.29. The van der Waals surface area contributed by atoms with E-state index in [0.29, 0.717) is 32.7 Å². The summed E-state index contributed by atoms with van der Waals surface area (Å²) in [6.45, 7) is 2.37. The second kappa shape index (κ2) is 7.23. The van der Waals surface area contributed by atoms with E-state index in [0.717, 1.165) is 33.4 Å². The predicted octanol–water partition coefficient (Wildman–Crippen LogP) is 3.08. The second-order valence-electron chi connectivity index (χ2n) is 6.33. The fourth-order valence-electron chi connectivity index (χ4n) is 3.09. The highest BCUT2D eigenvalue weighted by Crippen LogP contribution is 2.24. The molecule has 3 aromatic rings. The van der Waals surface area contributed by atoms with Crippen LogP contribution < -0.4 is 0 Å². The Morgan fingerprint density at radius 3 is 2.44 bits per heavy atom. The molecule has 0 radical (unpaired) electrons. The molecule has 27 heavy (non-hydrogen) atoms. The summed E-state index contributed by atoms with van der Waals surface area (Å²) >= 11 is 1.64. The van der Waals surface area contributed by atoms with Crippen LogP contribution in [-0.4, -0.2) is 48.8 Å². The maximum absolute atomic E-state index is 13.4. The SMILES string of the molecule is O=S(=O)(c1ccc(F)c(F)c1)N1CCN(Cc2nc3ccccc3s2)CC1. The average molecular weight is 409 g/mol. The summed E-state index contributed by atoms with van der Waals surface area (Å²) < 4.78 is 54.2. The number of sulfonamides is 1. The van der Waals surface area contributed by atoms with Crippen molar-refractivity contribution in [2.24, 2.45) is 0 Å². The van der Waals surface area contributed by atoms with Gasteiger partial charge in [0.1, 0.15) is 5.01 Å². The summed E-state index contributed by atoms with van der Waals surface area (Å²) in [7, 11) is -3.83. The van der Waals surface area contributed by atoms with Gasteiger partial charge in [-0.25, -0.2) is 22.2 Å². The zero-order valence-corrected chi connectivity index (χ0v) is 15.9. The van der Waals surface area contributed by atoms with E-state index in [2.05, 4.69) is 9.88 Å². The van der Waals surface area contributed by atoms with E-state index in [1.54, 1.807) is 11.3 Å². The smallest absolute Gasteiger partial charge is 0.243 e. The quantitative estimate of drug-likeness (QED) is 0.665. The van der Waals surface area contributed by atoms with Crippen LogP contribution in [-0.2, 0) is 16.6 Å². The number of halogens is 2. The largest absolute Gasteiger partial charge is 0.294 e. The van der Waals surface area contributed by atoms with Crippen molar-refractivity contribution in [1.82, 2.24) is 14.2 Å². The molecular weight excluding hydrogens is 392 g/mol. The van der Waals surface area contributed by atoms with Crippen LogP contribution in [0.25, 0.3) is 10.2 Å². The van der Waals surface area contributed by atoms with Crippen molar-refractivity contribution in [2.75, 3.05) is 26.2 Å². The van der Waals surface area contributed by atoms with Crippen molar-refractivity contribution in [3.8, 4) is 0 Å². The van der Waals surface area contributed by atoms with Gasteiger partial charge in [-0.15, -0.1) is 11.3 Å². The van der Waals surface area contributed by atoms with Gasteiger partial charge in [-0.2, -0.15) is 4.31 Å². The average Bonchev–Trinajstić information content (AvgIpc) is 3.06. The van der Waals surface area contributed by atoms with Crippen LogP contribution in [0.5, 0.6) is 0 Å². The molecule has 0 saturated carbocycles. The first-order valence-corrected chi connectivity index (χ1v) is 10.7. The lowest BCUT2D eigenvalue weighted by Gasteiger charge is -2.33. The Bertz CT molecular complexity index is 1040. The number of rotatable bonds is 4. The lowest BCUT2D eigenvalue weighted by atomic mass is 10.3. The highest BCUT2D eigenvalue weighted by atomic mass is 32.2. The van der Waals surface area contributed by atoms with E-state index in [9.17, 15) is 17.2 Å². The van der Waals surface area contributed by atoms with Gasteiger partial charge < -0.3 is 0 Å². The molecule has 0 aliphatic carbocycles. The third kappa shape index (κ3) is 3.73. The van der Waals surface area contributed by atoms with Gasteiger partial charge >= 0.3 is 0 Å². The maximum atomic E-state index is 13.4. The number of benzene rings is 2. The molecule has 0 unspecified atom stereocenters. The monoisotopic (exact) mass is 409 g/mol. The van der Waals surface area contributed by atoms with E-state index in [1.165, 1.54) is 4.31 Å². The van der Waals surface area contributed by atoms with E-state index in [-0.39, 0.29) is 4.90 Å². The molecule has 4 rings (SSSR count). The van der Waals surface area contributed by atoms with Crippen molar-refractivity contribution in [3.05, 3.63) is 59.1 Å². The molecule has 1 aromatic heterocycles. The normalized spacial score (nSPS) is 16.8. The van der Waals surface area contributed by atoms with Gasteiger partial charge in [-0.05, 0) is 30.3 Å². The first-order valence-electron chi connectivity index (χ1n) is 8.45.